The monoisotopic (exact) mass is 408 g/mol. The molecule has 0 radical (unpaired) electrons. The summed E-state index contributed by atoms with van der Waals surface area (Å²) in [5, 5.41) is 1.59. The Kier molecular flexibility index (Phi) is 5.76. The van der Waals surface area contributed by atoms with Gasteiger partial charge in [0.05, 0.1) is 13.2 Å². The molecule has 28 heavy (non-hydrogen) atoms. The highest BCUT2D eigenvalue weighted by atomic mass is 28.4. The van der Waals surface area contributed by atoms with Crippen LogP contribution < -0.4 is 10.4 Å². The second-order valence-corrected chi connectivity index (χ2v) is 12.8. The van der Waals surface area contributed by atoms with E-state index in [4.69, 9.17) is 9.16 Å². The van der Waals surface area contributed by atoms with Crippen molar-refractivity contribution in [2.45, 2.75) is 38.4 Å². The molecule has 152 valence electrons. The zero-order valence-corrected chi connectivity index (χ0v) is 17.6. The third-order valence-corrected chi connectivity index (χ3v) is 10.7. The third kappa shape index (κ3) is 3.65. The Bertz CT molecular complexity index is 724. The van der Waals surface area contributed by atoms with Crippen molar-refractivity contribution in [1.29, 1.82) is 0 Å². The van der Waals surface area contributed by atoms with Crippen molar-refractivity contribution < 1.29 is 22.3 Å². The van der Waals surface area contributed by atoms with Crippen LogP contribution in [0, 0.1) is 5.41 Å². The molecular weight excluding hydrogens is 381 g/mol. The molecule has 3 rings (SSSR count). The molecule has 0 saturated carbocycles. The van der Waals surface area contributed by atoms with Crippen LogP contribution in [-0.4, -0.2) is 34.3 Å². The fourth-order valence-electron chi connectivity index (χ4n) is 4.03. The maximum Gasteiger partial charge on any atom is 0.398 e. The van der Waals surface area contributed by atoms with Crippen molar-refractivity contribution in [3.63, 3.8) is 0 Å². The van der Waals surface area contributed by atoms with E-state index in [2.05, 4.69) is 20.8 Å². The Morgan fingerprint density at radius 3 is 1.79 bits per heavy atom. The average Bonchev–Trinajstić information content (AvgIpc) is 3.13. The van der Waals surface area contributed by atoms with Crippen molar-refractivity contribution in [3.8, 4) is 0 Å². The summed E-state index contributed by atoms with van der Waals surface area (Å²) in [6.45, 7) is 5.57. The standard InChI is InChI=1S/C22H27F3O2Si/c1-20(2,3)28(18-10-6-4-7-11-18,19-12-8-5-9-13-19)27-17-21(22(23,24)25)14-15-26-16-21/h4-13H,14-17H2,1-3H3. The summed E-state index contributed by atoms with van der Waals surface area (Å²) in [6, 6.07) is 19.5. The van der Waals surface area contributed by atoms with Crippen molar-refractivity contribution in [3.05, 3.63) is 60.7 Å². The number of hydrogen-bond acceptors (Lipinski definition) is 2. The molecule has 1 aliphatic rings. The number of alkyl halides is 3. The largest absolute Gasteiger partial charge is 0.406 e. The van der Waals surface area contributed by atoms with Gasteiger partial charge in [0, 0.05) is 6.61 Å². The van der Waals surface area contributed by atoms with Crippen molar-refractivity contribution in [2.75, 3.05) is 19.8 Å². The van der Waals surface area contributed by atoms with Crippen LogP contribution in [0.3, 0.4) is 0 Å². The molecule has 1 unspecified atom stereocenters. The average molecular weight is 409 g/mol. The molecule has 1 saturated heterocycles. The van der Waals surface area contributed by atoms with Crippen LogP contribution in [0.2, 0.25) is 5.04 Å². The molecule has 0 spiro atoms. The Hall–Kier alpha value is -1.63. The van der Waals surface area contributed by atoms with Gasteiger partial charge in [-0.15, -0.1) is 0 Å². The number of hydrogen-bond donors (Lipinski definition) is 0. The molecule has 1 heterocycles. The minimum Gasteiger partial charge on any atom is -0.406 e. The fraction of sp³-hybridized carbons (Fsp3) is 0.455. The van der Waals surface area contributed by atoms with E-state index >= 15 is 0 Å². The van der Waals surface area contributed by atoms with Crippen LogP contribution in [0.4, 0.5) is 13.2 Å². The molecule has 1 aliphatic heterocycles. The van der Waals surface area contributed by atoms with Gasteiger partial charge in [-0.05, 0) is 21.8 Å². The van der Waals surface area contributed by atoms with Gasteiger partial charge in [0.25, 0.3) is 8.32 Å². The van der Waals surface area contributed by atoms with E-state index in [0.717, 1.165) is 10.4 Å². The van der Waals surface area contributed by atoms with Crippen molar-refractivity contribution in [2.24, 2.45) is 5.41 Å². The van der Waals surface area contributed by atoms with Crippen LogP contribution in [-0.2, 0) is 9.16 Å². The van der Waals surface area contributed by atoms with E-state index in [1.54, 1.807) is 0 Å². The zero-order valence-electron chi connectivity index (χ0n) is 16.6. The maximum absolute atomic E-state index is 13.9. The summed E-state index contributed by atoms with van der Waals surface area (Å²) in [7, 11) is -3.00. The predicted molar refractivity (Wildman–Crippen MR) is 107 cm³/mol. The second-order valence-electron chi connectivity index (χ2n) is 8.53. The van der Waals surface area contributed by atoms with E-state index in [1.165, 1.54) is 0 Å². The van der Waals surface area contributed by atoms with Gasteiger partial charge in [-0.2, -0.15) is 13.2 Å². The first-order valence-electron chi connectivity index (χ1n) is 9.52. The number of ether oxygens (including phenoxy) is 1. The van der Waals surface area contributed by atoms with E-state index in [0.29, 0.717) is 0 Å². The number of benzene rings is 2. The minimum atomic E-state index is -4.37. The molecule has 2 aromatic rings. The summed E-state index contributed by atoms with van der Waals surface area (Å²) in [6.07, 6.45) is -4.43. The summed E-state index contributed by atoms with van der Waals surface area (Å²) in [4.78, 5) is 0. The van der Waals surface area contributed by atoms with Crippen LogP contribution in [0.1, 0.15) is 27.2 Å². The van der Waals surface area contributed by atoms with Crippen molar-refractivity contribution in [1.82, 2.24) is 0 Å². The first kappa shape index (κ1) is 21.1. The summed E-state index contributed by atoms with van der Waals surface area (Å²) < 4.78 is 53.5. The lowest BCUT2D eigenvalue weighted by molar-refractivity contribution is -0.232. The Morgan fingerprint density at radius 2 is 1.43 bits per heavy atom. The van der Waals surface area contributed by atoms with Crippen LogP contribution >= 0.6 is 0 Å². The fourth-order valence-corrected chi connectivity index (χ4v) is 8.68. The topological polar surface area (TPSA) is 18.5 Å². The van der Waals surface area contributed by atoms with E-state index in [9.17, 15) is 13.2 Å². The smallest absolute Gasteiger partial charge is 0.398 e. The Labute approximate surface area is 165 Å². The van der Waals surface area contributed by atoms with Gasteiger partial charge in [-0.3, -0.25) is 0 Å². The van der Waals surface area contributed by atoms with Crippen LogP contribution in [0.25, 0.3) is 0 Å². The SMILES string of the molecule is CC(C)(C)[Si](OCC1(C(F)(F)F)CCOC1)(c1ccccc1)c1ccccc1. The highest BCUT2D eigenvalue weighted by Crippen LogP contribution is 2.46. The van der Waals surface area contributed by atoms with E-state index in [1.807, 2.05) is 60.7 Å². The molecule has 0 aliphatic carbocycles. The Morgan fingerprint density at radius 1 is 0.929 bits per heavy atom. The highest BCUT2D eigenvalue weighted by Gasteiger charge is 2.59. The molecule has 1 atom stereocenters. The first-order chi connectivity index (χ1) is 13.1. The number of halogens is 3. The molecule has 6 heteroatoms. The van der Waals surface area contributed by atoms with Crippen LogP contribution in [0.15, 0.2) is 60.7 Å². The molecule has 2 aromatic carbocycles. The van der Waals surface area contributed by atoms with E-state index in [-0.39, 0.29) is 31.3 Å². The van der Waals surface area contributed by atoms with Gasteiger partial charge in [0.1, 0.15) is 5.41 Å². The second kappa shape index (κ2) is 7.65. The van der Waals surface area contributed by atoms with Crippen LogP contribution in [0.5, 0.6) is 0 Å². The highest BCUT2D eigenvalue weighted by molar-refractivity contribution is 6.99. The zero-order chi connectivity index (χ0) is 20.5. The molecule has 1 fully saturated rings. The first-order valence-corrected chi connectivity index (χ1v) is 11.4. The van der Waals surface area contributed by atoms with Gasteiger partial charge in [-0.1, -0.05) is 81.4 Å². The summed E-state index contributed by atoms with van der Waals surface area (Å²) >= 11 is 0. The molecule has 0 amide bonds. The summed E-state index contributed by atoms with van der Waals surface area (Å²) in [5.41, 5.74) is -1.94. The number of rotatable bonds is 5. The van der Waals surface area contributed by atoms with Gasteiger partial charge in [0.15, 0.2) is 0 Å². The lowest BCUT2D eigenvalue weighted by Crippen LogP contribution is -2.67. The van der Waals surface area contributed by atoms with Gasteiger partial charge in [0.2, 0.25) is 0 Å². The lowest BCUT2D eigenvalue weighted by Gasteiger charge is -2.45. The minimum absolute atomic E-state index is 0.0608. The molecule has 2 nitrogen and oxygen atoms in total. The molecule has 0 N–H and O–H groups in total. The maximum atomic E-state index is 13.9. The quantitative estimate of drug-likeness (QED) is 0.677. The molecule has 0 aromatic heterocycles. The Balaban J connectivity index is 2.11. The predicted octanol–water partition coefficient (Wildman–Crippen LogP) is 4.53. The molecular formula is C22H27F3O2Si. The third-order valence-electron chi connectivity index (χ3n) is 5.69. The molecule has 0 bridgehead atoms. The van der Waals surface area contributed by atoms with E-state index < -0.39 is 19.9 Å². The lowest BCUT2D eigenvalue weighted by atomic mass is 9.88. The summed E-state index contributed by atoms with van der Waals surface area (Å²) in [5.74, 6) is 0. The van der Waals surface area contributed by atoms with Gasteiger partial charge in [-0.25, -0.2) is 0 Å². The normalized spacial score (nSPS) is 21.1. The van der Waals surface area contributed by atoms with Gasteiger partial charge >= 0.3 is 6.18 Å². The van der Waals surface area contributed by atoms with Crippen molar-refractivity contribution >= 4 is 18.7 Å². The van der Waals surface area contributed by atoms with Gasteiger partial charge < -0.3 is 9.16 Å².